The highest BCUT2D eigenvalue weighted by Crippen LogP contribution is 2.28. The van der Waals surface area contributed by atoms with Crippen LogP contribution in [0.15, 0.2) is 59.0 Å². The summed E-state index contributed by atoms with van der Waals surface area (Å²) in [5, 5.41) is 0. The van der Waals surface area contributed by atoms with Crippen LogP contribution in [0.4, 0.5) is 0 Å². The van der Waals surface area contributed by atoms with Crippen LogP contribution in [0.5, 0.6) is 11.5 Å². The minimum absolute atomic E-state index is 0.142. The van der Waals surface area contributed by atoms with Gasteiger partial charge >= 0.3 is 0 Å². The summed E-state index contributed by atoms with van der Waals surface area (Å²) in [6.07, 6.45) is 0. The molecule has 0 spiro atoms. The summed E-state index contributed by atoms with van der Waals surface area (Å²) >= 11 is 0. The van der Waals surface area contributed by atoms with Gasteiger partial charge in [-0.2, -0.15) is 0 Å². The molecule has 0 bridgehead atoms. The zero-order valence-electron chi connectivity index (χ0n) is 17.0. The number of nitrogens with zero attached hydrogens (tertiary/aromatic N) is 3. The van der Waals surface area contributed by atoms with Crippen LogP contribution in [0.2, 0.25) is 0 Å². The van der Waals surface area contributed by atoms with Crippen LogP contribution in [-0.4, -0.2) is 46.9 Å². The van der Waals surface area contributed by atoms with Gasteiger partial charge < -0.3 is 14.1 Å². The van der Waals surface area contributed by atoms with Gasteiger partial charge in [-0.15, -0.1) is 0 Å². The van der Waals surface area contributed by atoms with Crippen LogP contribution in [0.3, 0.4) is 0 Å². The summed E-state index contributed by atoms with van der Waals surface area (Å²) in [6.45, 7) is 6.00. The molecule has 1 saturated heterocycles. The van der Waals surface area contributed by atoms with E-state index in [0.29, 0.717) is 12.4 Å². The van der Waals surface area contributed by atoms with Gasteiger partial charge in [-0.05, 0) is 44.2 Å². The van der Waals surface area contributed by atoms with E-state index in [1.54, 1.807) is 4.90 Å². The van der Waals surface area contributed by atoms with Crippen molar-refractivity contribution < 1.29 is 13.9 Å². The second-order valence-corrected chi connectivity index (χ2v) is 7.37. The quantitative estimate of drug-likeness (QED) is 0.655. The monoisotopic (exact) mass is 391 g/mol. The summed E-state index contributed by atoms with van der Waals surface area (Å²) in [6, 6.07) is 17.2. The molecule has 0 radical (unpaired) electrons. The molecule has 6 heteroatoms. The van der Waals surface area contributed by atoms with Gasteiger partial charge in [-0.3, -0.25) is 9.69 Å². The predicted molar refractivity (Wildman–Crippen MR) is 111 cm³/mol. The number of ether oxygens (including phenoxy) is 1. The Kier molecular flexibility index (Phi) is 5.36. The summed E-state index contributed by atoms with van der Waals surface area (Å²) < 4.78 is 11.9. The van der Waals surface area contributed by atoms with Crippen LogP contribution in [0.25, 0.3) is 11.5 Å². The molecule has 0 aliphatic carbocycles. The topological polar surface area (TPSA) is 58.8 Å². The number of likely N-dealkylation sites (N-methyl/N-ethyl adjacent to an activating group) is 1. The number of piperazine rings is 1. The van der Waals surface area contributed by atoms with E-state index in [0.717, 1.165) is 41.6 Å². The zero-order chi connectivity index (χ0) is 20.4. The first-order valence-corrected chi connectivity index (χ1v) is 9.80. The molecule has 1 amide bonds. The summed E-state index contributed by atoms with van der Waals surface area (Å²) in [5.74, 6) is 2.98. The molecule has 6 nitrogen and oxygen atoms in total. The minimum Gasteiger partial charge on any atom is -0.457 e. The molecular weight excluding hydrogens is 366 g/mol. The van der Waals surface area contributed by atoms with E-state index in [-0.39, 0.29) is 11.9 Å². The maximum absolute atomic E-state index is 12.3. The lowest BCUT2D eigenvalue weighted by Crippen LogP contribution is -2.53. The SMILES string of the molecule is Cc1oc(-c2cccc(Oc3ccccc3)c2)nc1CN1CCN(C)C(=O)[C@@H]1C. The third-order valence-electron chi connectivity index (χ3n) is 5.31. The minimum atomic E-state index is -0.157. The van der Waals surface area contributed by atoms with Crippen LogP contribution < -0.4 is 4.74 Å². The fourth-order valence-corrected chi connectivity index (χ4v) is 3.48. The Labute approximate surface area is 170 Å². The lowest BCUT2D eigenvalue weighted by atomic mass is 10.1. The second-order valence-electron chi connectivity index (χ2n) is 7.37. The number of amides is 1. The summed E-state index contributed by atoms with van der Waals surface area (Å²) in [5.41, 5.74) is 1.72. The lowest BCUT2D eigenvalue weighted by Gasteiger charge is -2.36. The van der Waals surface area contributed by atoms with Gasteiger partial charge in [0.1, 0.15) is 17.3 Å². The van der Waals surface area contributed by atoms with E-state index in [1.807, 2.05) is 75.5 Å². The van der Waals surface area contributed by atoms with Crippen molar-refractivity contribution in [3.05, 3.63) is 66.1 Å². The zero-order valence-corrected chi connectivity index (χ0v) is 17.0. The Morgan fingerprint density at radius 1 is 1.10 bits per heavy atom. The first kappa shape index (κ1) is 19.2. The van der Waals surface area contributed by atoms with Crippen molar-refractivity contribution in [2.24, 2.45) is 0 Å². The fraction of sp³-hybridized carbons (Fsp3) is 0.304. The number of aromatic nitrogens is 1. The Balaban J connectivity index is 1.52. The number of carbonyl (C=O) groups is 1. The van der Waals surface area contributed by atoms with Crippen molar-refractivity contribution in [1.82, 2.24) is 14.8 Å². The molecule has 2 aromatic carbocycles. The second kappa shape index (κ2) is 8.09. The van der Waals surface area contributed by atoms with Crippen molar-refractivity contribution in [3.63, 3.8) is 0 Å². The van der Waals surface area contributed by atoms with Gasteiger partial charge in [0.05, 0.1) is 11.7 Å². The van der Waals surface area contributed by atoms with E-state index < -0.39 is 0 Å². The van der Waals surface area contributed by atoms with E-state index in [2.05, 4.69) is 4.90 Å². The van der Waals surface area contributed by atoms with Crippen LogP contribution in [-0.2, 0) is 11.3 Å². The highest BCUT2D eigenvalue weighted by molar-refractivity contribution is 5.81. The highest BCUT2D eigenvalue weighted by atomic mass is 16.5. The Morgan fingerprint density at radius 3 is 2.66 bits per heavy atom. The number of oxazole rings is 1. The predicted octanol–water partition coefficient (Wildman–Crippen LogP) is 4.10. The number of rotatable bonds is 5. The molecule has 150 valence electrons. The molecule has 0 N–H and O–H groups in total. The fourth-order valence-electron chi connectivity index (χ4n) is 3.48. The smallest absolute Gasteiger partial charge is 0.239 e. The number of hydrogen-bond donors (Lipinski definition) is 0. The van der Waals surface area contributed by atoms with E-state index in [1.165, 1.54) is 0 Å². The average molecular weight is 391 g/mol. The first-order valence-electron chi connectivity index (χ1n) is 9.80. The lowest BCUT2D eigenvalue weighted by molar-refractivity contribution is -0.139. The van der Waals surface area contributed by atoms with Crippen molar-refractivity contribution in [2.45, 2.75) is 26.4 Å². The van der Waals surface area contributed by atoms with E-state index in [4.69, 9.17) is 14.1 Å². The third kappa shape index (κ3) is 4.17. The molecule has 0 saturated carbocycles. The Bertz CT molecular complexity index is 1000. The molecular formula is C23H25N3O3. The third-order valence-corrected chi connectivity index (χ3v) is 5.31. The molecule has 4 rings (SSSR count). The maximum Gasteiger partial charge on any atom is 0.239 e. The average Bonchev–Trinajstić information content (AvgIpc) is 3.10. The molecule has 1 aliphatic heterocycles. The van der Waals surface area contributed by atoms with Crippen molar-refractivity contribution >= 4 is 5.91 Å². The standard InChI is InChI=1S/C23H25N3O3/c1-16-23(27)25(3)12-13-26(16)15-21-17(2)28-22(24-21)18-8-7-11-20(14-18)29-19-9-5-4-6-10-19/h4-11,14,16H,12-13,15H2,1-3H3/t16-/m0/s1. The maximum atomic E-state index is 12.3. The van der Waals surface area contributed by atoms with Crippen molar-refractivity contribution in [2.75, 3.05) is 20.1 Å². The molecule has 1 aliphatic rings. The molecule has 1 aromatic heterocycles. The Morgan fingerprint density at radius 2 is 1.86 bits per heavy atom. The van der Waals surface area contributed by atoms with Gasteiger partial charge in [-0.25, -0.2) is 4.98 Å². The van der Waals surface area contributed by atoms with Gasteiger partial charge in [-0.1, -0.05) is 24.3 Å². The molecule has 2 heterocycles. The van der Waals surface area contributed by atoms with Gasteiger partial charge in [0.25, 0.3) is 0 Å². The van der Waals surface area contributed by atoms with Crippen LogP contribution >= 0.6 is 0 Å². The van der Waals surface area contributed by atoms with Gasteiger partial charge in [0.15, 0.2) is 0 Å². The van der Waals surface area contributed by atoms with Crippen LogP contribution in [0.1, 0.15) is 18.4 Å². The molecule has 0 unspecified atom stereocenters. The van der Waals surface area contributed by atoms with Crippen LogP contribution in [0, 0.1) is 6.92 Å². The number of aryl methyl sites for hydroxylation is 1. The summed E-state index contributed by atoms with van der Waals surface area (Å²) in [4.78, 5) is 20.9. The molecule has 1 fully saturated rings. The normalized spacial score (nSPS) is 17.6. The summed E-state index contributed by atoms with van der Waals surface area (Å²) in [7, 11) is 1.85. The van der Waals surface area contributed by atoms with E-state index in [9.17, 15) is 4.79 Å². The Hall–Kier alpha value is -3.12. The van der Waals surface area contributed by atoms with Gasteiger partial charge in [0.2, 0.25) is 11.8 Å². The number of para-hydroxylation sites is 1. The molecule has 1 atom stereocenters. The van der Waals surface area contributed by atoms with Crippen molar-refractivity contribution in [1.29, 1.82) is 0 Å². The largest absolute Gasteiger partial charge is 0.457 e. The number of carbonyl (C=O) groups excluding carboxylic acids is 1. The number of benzene rings is 2. The first-order chi connectivity index (χ1) is 14.0. The van der Waals surface area contributed by atoms with Gasteiger partial charge in [0, 0.05) is 32.2 Å². The number of hydrogen-bond acceptors (Lipinski definition) is 5. The van der Waals surface area contributed by atoms with E-state index >= 15 is 0 Å². The molecule has 29 heavy (non-hydrogen) atoms. The highest BCUT2D eigenvalue weighted by Gasteiger charge is 2.30. The van der Waals surface area contributed by atoms with Crippen molar-refractivity contribution in [3.8, 4) is 23.0 Å². The molecule has 3 aromatic rings.